The number of esters is 1. The Morgan fingerprint density at radius 3 is 1.75 bits per heavy atom. The van der Waals surface area contributed by atoms with Gasteiger partial charge in [0.25, 0.3) is 0 Å². The molecule has 0 unspecified atom stereocenters. The van der Waals surface area contributed by atoms with Crippen molar-refractivity contribution >= 4 is 67.1 Å². The Hall–Kier alpha value is -2.47. The van der Waals surface area contributed by atoms with Crippen molar-refractivity contribution in [2.45, 2.75) is 50.2 Å². The molecule has 0 aliphatic carbocycles. The van der Waals surface area contributed by atoms with Crippen LogP contribution in [0.25, 0.3) is 0 Å². The Morgan fingerprint density at radius 2 is 1.25 bits per heavy atom. The minimum Gasteiger partial charge on any atom is -0.469 e. The van der Waals surface area contributed by atoms with Crippen molar-refractivity contribution in [3.8, 4) is 0 Å². The van der Waals surface area contributed by atoms with Crippen molar-refractivity contribution in [3.63, 3.8) is 0 Å². The van der Waals surface area contributed by atoms with Crippen LogP contribution in [-0.2, 0) is 39.4 Å². The fourth-order valence-corrected chi connectivity index (χ4v) is 3.40. The van der Waals surface area contributed by atoms with Gasteiger partial charge in [0.1, 0.15) is 0 Å². The van der Waals surface area contributed by atoms with Crippen LogP contribution < -0.4 is 20.9 Å². The van der Waals surface area contributed by atoms with E-state index in [9.17, 15) is 24.0 Å². The van der Waals surface area contributed by atoms with E-state index in [1.807, 2.05) is 32.0 Å². The van der Waals surface area contributed by atoms with Crippen LogP contribution >= 0.6 is 31.9 Å². The first-order chi connectivity index (χ1) is 17.2. The summed E-state index contributed by atoms with van der Waals surface area (Å²) in [5.41, 5.74) is 2.75. The maximum atomic E-state index is 12.5. The number of hydrogen-bond donors (Lipinski definition) is 3. The first kappa shape index (κ1) is 33.5. The Labute approximate surface area is 229 Å². The van der Waals surface area contributed by atoms with E-state index in [0.717, 1.165) is 11.1 Å². The zero-order valence-corrected chi connectivity index (χ0v) is 24.4. The molecule has 4 amide bonds. The summed E-state index contributed by atoms with van der Waals surface area (Å²) in [4.78, 5) is 60.4. The predicted molar refractivity (Wildman–Crippen MR) is 146 cm³/mol. The highest BCUT2D eigenvalue weighted by atomic mass is 79.9. The largest absolute Gasteiger partial charge is 0.469 e. The monoisotopic (exact) mass is 634 g/mol. The van der Waals surface area contributed by atoms with Crippen LogP contribution in [-0.4, -0.2) is 63.4 Å². The van der Waals surface area contributed by atoms with Gasteiger partial charge < -0.3 is 25.6 Å². The molecule has 1 aromatic rings. The van der Waals surface area contributed by atoms with E-state index in [2.05, 4.69) is 52.5 Å². The summed E-state index contributed by atoms with van der Waals surface area (Å²) >= 11 is 6.82. The molecule has 0 bridgehead atoms. The number of likely N-dealkylation sites (N-methyl/N-ethyl adjacent to an activating group) is 1. The number of benzene rings is 1. The molecular formula is C24H36Br2N4O6. The van der Waals surface area contributed by atoms with Gasteiger partial charge in [0.05, 0.1) is 26.7 Å². The number of amides is 4. The molecule has 3 N–H and O–H groups in total. The zero-order chi connectivity index (χ0) is 27.5. The molecule has 0 fully saturated rings. The summed E-state index contributed by atoms with van der Waals surface area (Å²) in [7, 11) is 2.93. The number of nitrogens with zero attached hydrogens (tertiary/aromatic N) is 1. The van der Waals surface area contributed by atoms with Gasteiger partial charge >= 0.3 is 5.97 Å². The average Bonchev–Trinajstić information content (AvgIpc) is 2.91. The molecule has 0 radical (unpaired) electrons. The van der Waals surface area contributed by atoms with E-state index in [1.54, 1.807) is 7.05 Å². The van der Waals surface area contributed by atoms with Crippen molar-refractivity contribution in [2.24, 2.45) is 0 Å². The van der Waals surface area contributed by atoms with Gasteiger partial charge in [0.2, 0.25) is 23.6 Å². The molecule has 0 atom stereocenters. The lowest BCUT2D eigenvalue weighted by Crippen LogP contribution is -2.44. The van der Waals surface area contributed by atoms with E-state index < -0.39 is 11.8 Å². The number of unbranched alkanes of at least 4 members (excludes halogenated alkanes) is 1. The second-order valence-electron chi connectivity index (χ2n) is 7.34. The van der Waals surface area contributed by atoms with E-state index in [4.69, 9.17) is 0 Å². The first-order valence-corrected chi connectivity index (χ1v) is 13.8. The normalized spacial score (nSPS) is 9.83. The Morgan fingerprint density at radius 1 is 0.778 bits per heavy atom. The number of methoxy groups -OCH3 is 1. The third-order valence-electron chi connectivity index (χ3n) is 4.70. The molecule has 0 spiro atoms. The molecule has 1 aromatic carbocycles. The van der Waals surface area contributed by atoms with E-state index in [0.29, 0.717) is 29.2 Å². The summed E-state index contributed by atoms with van der Waals surface area (Å²) in [5, 5.41) is 8.59. The van der Waals surface area contributed by atoms with Gasteiger partial charge in [-0.1, -0.05) is 51.8 Å². The standard InChI is InChI=1S/C22H30Br2N4O6.C2H6/c1-28(17-8-15(10-23)7-16(9-17)11-24)21(32)14-27-20(31)13-26-19(30)12-25-18(29)5-3-4-6-22(33)34-2;1-2/h7-9H,3-6,10-14H2,1-2H3,(H,25,29)(H,26,30)(H,27,31);1-2H3. The van der Waals surface area contributed by atoms with Crippen LogP contribution in [0.3, 0.4) is 0 Å². The van der Waals surface area contributed by atoms with Crippen molar-refractivity contribution in [2.75, 3.05) is 38.7 Å². The van der Waals surface area contributed by atoms with Crippen LogP contribution in [0.2, 0.25) is 0 Å². The van der Waals surface area contributed by atoms with Crippen LogP contribution in [0, 0.1) is 0 Å². The number of halogens is 2. The maximum absolute atomic E-state index is 12.5. The smallest absolute Gasteiger partial charge is 0.305 e. The first-order valence-electron chi connectivity index (χ1n) is 11.6. The van der Waals surface area contributed by atoms with Gasteiger partial charge in [-0.2, -0.15) is 0 Å². The van der Waals surface area contributed by atoms with Gasteiger partial charge in [-0.25, -0.2) is 0 Å². The molecule has 36 heavy (non-hydrogen) atoms. The highest BCUT2D eigenvalue weighted by molar-refractivity contribution is 9.08. The summed E-state index contributed by atoms with van der Waals surface area (Å²) in [6.07, 6.45) is 1.42. The molecule has 0 saturated carbocycles. The van der Waals surface area contributed by atoms with Crippen molar-refractivity contribution in [1.29, 1.82) is 0 Å². The minimum absolute atomic E-state index is 0.177. The topological polar surface area (TPSA) is 134 Å². The van der Waals surface area contributed by atoms with Crippen LogP contribution in [0.5, 0.6) is 0 Å². The second-order valence-corrected chi connectivity index (χ2v) is 8.46. The summed E-state index contributed by atoms with van der Waals surface area (Å²) in [5.74, 6) is -2.04. The quantitative estimate of drug-likeness (QED) is 0.163. The number of nitrogens with one attached hydrogen (secondary N) is 3. The third-order valence-corrected chi connectivity index (χ3v) is 5.99. The van der Waals surface area contributed by atoms with Gasteiger partial charge in [-0.15, -0.1) is 0 Å². The number of alkyl halides is 2. The molecule has 12 heteroatoms. The molecule has 10 nitrogen and oxygen atoms in total. The number of carbonyl (C=O) groups is 5. The molecule has 0 aromatic heterocycles. The predicted octanol–water partition coefficient (Wildman–Crippen LogP) is 2.55. The molecule has 0 heterocycles. The van der Waals surface area contributed by atoms with Gasteiger partial charge in [0.15, 0.2) is 0 Å². The number of rotatable bonds is 14. The maximum Gasteiger partial charge on any atom is 0.305 e. The van der Waals surface area contributed by atoms with Gasteiger partial charge in [-0.05, 0) is 36.1 Å². The van der Waals surface area contributed by atoms with Crippen LogP contribution in [0.15, 0.2) is 18.2 Å². The lowest BCUT2D eigenvalue weighted by molar-refractivity contribution is -0.140. The van der Waals surface area contributed by atoms with Crippen molar-refractivity contribution in [1.82, 2.24) is 16.0 Å². The fourth-order valence-electron chi connectivity index (χ4n) is 2.76. The van der Waals surface area contributed by atoms with E-state index in [1.165, 1.54) is 12.0 Å². The Bertz CT molecular complexity index is 860. The van der Waals surface area contributed by atoms with Crippen LogP contribution in [0.4, 0.5) is 5.69 Å². The van der Waals surface area contributed by atoms with E-state index >= 15 is 0 Å². The lowest BCUT2D eigenvalue weighted by Gasteiger charge is -2.19. The minimum atomic E-state index is -0.532. The number of anilines is 1. The SMILES string of the molecule is CC.COC(=O)CCCCC(=O)NCC(=O)NCC(=O)NCC(=O)N(C)c1cc(CBr)cc(CBr)c1. The molecular weight excluding hydrogens is 600 g/mol. The third kappa shape index (κ3) is 14.2. The molecule has 0 saturated heterocycles. The van der Waals surface area contributed by atoms with Gasteiger partial charge in [-0.3, -0.25) is 24.0 Å². The average molecular weight is 636 g/mol. The van der Waals surface area contributed by atoms with Crippen LogP contribution in [0.1, 0.15) is 50.7 Å². The lowest BCUT2D eigenvalue weighted by atomic mass is 10.1. The van der Waals surface area contributed by atoms with Crippen molar-refractivity contribution in [3.05, 3.63) is 29.3 Å². The molecule has 0 aliphatic rings. The second kappa shape index (κ2) is 19.7. The summed E-state index contributed by atoms with van der Waals surface area (Å²) < 4.78 is 4.51. The molecule has 1 rings (SSSR count). The van der Waals surface area contributed by atoms with Crippen molar-refractivity contribution < 1.29 is 28.7 Å². The number of carbonyl (C=O) groups excluding carboxylic acids is 5. The van der Waals surface area contributed by atoms with Gasteiger partial charge in [0, 0.05) is 36.2 Å². The molecule has 202 valence electrons. The Kier molecular flexibility index (Phi) is 18.3. The highest BCUT2D eigenvalue weighted by Crippen LogP contribution is 2.21. The highest BCUT2D eigenvalue weighted by Gasteiger charge is 2.14. The fraction of sp³-hybridized carbons (Fsp3) is 0.542. The Balaban J connectivity index is 0.00000596. The number of ether oxygens (including phenoxy) is 1. The molecule has 0 aliphatic heterocycles. The summed E-state index contributed by atoms with van der Waals surface area (Å²) in [6, 6.07) is 5.78. The zero-order valence-electron chi connectivity index (χ0n) is 21.2. The summed E-state index contributed by atoms with van der Waals surface area (Å²) in [6.45, 7) is 3.18. The number of hydrogen-bond acceptors (Lipinski definition) is 6. The van der Waals surface area contributed by atoms with E-state index in [-0.39, 0.29) is 50.3 Å².